The zero-order valence-electron chi connectivity index (χ0n) is 27.9. The molecule has 270 valence electrons. The minimum Gasteiger partial charge on any atom is -0.475 e. The third-order valence-corrected chi connectivity index (χ3v) is 8.06. The number of carbonyl (C=O) groups excluding carboxylic acids is 4. The molecule has 0 spiro atoms. The van der Waals surface area contributed by atoms with Crippen molar-refractivity contribution in [3.63, 3.8) is 0 Å². The molecule has 0 unspecified atom stereocenters. The number of hydrogen-bond acceptors (Lipinski definition) is 8. The van der Waals surface area contributed by atoms with E-state index in [4.69, 9.17) is 15.6 Å². The van der Waals surface area contributed by atoms with Gasteiger partial charge in [-0.25, -0.2) is 9.48 Å². The van der Waals surface area contributed by atoms with Gasteiger partial charge in [0.1, 0.15) is 23.8 Å². The lowest BCUT2D eigenvalue weighted by Gasteiger charge is -2.31. The highest BCUT2D eigenvalue weighted by Crippen LogP contribution is 2.30. The summed E-state index contributed by atoms with van der Waals surface area (Å²) >= 11 is 0. The van der Waals surface area contributed by atoms with E-state index in [0.29, 0.717) is 5.69 Å². The number of likely N-dealkylation sites (N-methyl/N-ethyl adjacent to an activating group) is 1. The molecule has 17 heteroatoms. The number of amides is 4. The van der Waals surface area contributed by atoms with E-state index in [0.717, 1.165) is 11.1 Å². The van der Waals surface area contributed by atoms with E-state index < -0.39 is 54.0 Å². The van der Waals surface area contributed by atoms with Crippen molar-refractivity contribution < 1.29 is 42.3 Å². The Hall–Kier alpha value is -5.32. The monoisotopic (exact) mass is 702 g/mol. The molecule has 50 heavy (non-hydrogen) atoms. The van der Waals surface area contributed by atoms with Crippen LogP contribution in [0.3, 0.4) is 0 Å². The van der Waals surface area contributed by atoms with Crippen LogP contribution in [0.15, 0.2) is 66.9 Å². The Morgan fingerprint density at radius 1 is 0.980 bits per heavy atom. The fourth-order valence-corrected chi connectivity index (χ4v) is 5.14. The minimum atomic E-state index is -5.08. The molecule has 1 aliphatic rings. The van der Waals surface area contributed by atoms with Crippen LogP contribution in [0.4, 0.5) is 13.2 Å². The summed E-state index contributed by atoms with van der Waals surface area (Å²) in [6, 6.07) is 15.2. The van der Waals surface area contributed by atoms with Gasteiger partial charge in [-0.1, -0.05) is 79.7 Å². The van der Waals surface area contributed by atoms with Crippen molar-refractivity contribution in [1.29, 1.82) is 0 Å². The number of carboxylic acid groups (broad SMARTS) is 1. The third-order valence-electron chi connectivity index (χ3n) is 8.06. The Balaban J connectivity index is 0.000000872. The van der Waals surface area contributed by atoms with Gasteiger partial charge in [0.05, 0.1) is 18.3 Å². The molecule has 14 nitrogen and oxygen atoms in total. The molecule has 3 aromatic rings. The SMILES string of the molecule is CN[C@@H](C)C(=O)N[C@H](C(=O)N1C[C@H](n2cc(-c3ccccc3)nn2)C[C@H]1C(=O)N[C@@H](Cc1ccccc1)C(N)=O)C(C)C.O=C(O)C(F)(F)F. The molecular formula is C33H41F3N8O6. The number of carboxylic acids is 1. The lowest BCUT2D eigenvalue weighted by atomic mass is 10.0. The first-order valence-corrected chi connectivity index (χ1v) is 15.7. The van der Waals surface area contributed by atoms with Crippen LogP contribution < -0.4 is 21.7 Å². The van der Waals surface area contributed by atoms with Gasteiger partial charge >= 0.3 is 12.1 Å². The molecule has 1 aromatic heterocycles. The Kier molecular flexibility index (Phi) is 13.6. The van der Waals surface area contributed by atoms with Gasteiger partial charge in [0.25, 0.3) is 0 Å². The second-order valence-electron chi connectivity index (χ2n) is 12.0. The second-order valence-corrected chi connectivity index (χ2v) is 12.0. The molecule has 1 aliphatic heterocycles. The van der Waals surface area contributed by atoms with E-state index in [1.807, 2.05) is 74.5 Å². The summed E-state index contributed by atoms with van der Waals surface area (Å²) in [4.78, 5) is 63.3. The standard InChI is InChI=1S/C31H40N8O4.C2HF3O2/c1-19(2)27(35-29(41)20(3)33-4)31(43)38-17-23(39-18-25(36-37-39)22-13-9-6-10-14-22)16-26(38)30(42)34-24(28(32)40)15-21-11-7-5-8-12-21;3-2(4,5)1(6)7/h5-14,18-20,23-24,26-27,33H,15-17H2,1-4H3,(H2,32,40)(H,34,42)(H,35,41);(H,6,7)/t20-,23+,24-,26-,27-;/m0./s1. The molecule has 0 aliphatic carbocycles. The van der Waals surface area contributed by atoms with Gasteiger partial charge in [-0.15, -0.1) is 5.10 Å². The van der Waals surface area contributed by atoms with Gasteiger partial charge in [-0.3, -0.25) is 19.2 Å². The molecule has 1 fully saturated rings. The maximum Gasteiger partial charge on any atom is 0.490 e. The quantitative estimate of drug-likeness (QED) is 0.186. The minimum absolute atomic E-state index is 0.162. The van der Waals surface area contributed by atoms with E-state index in [2.05, 4.69) is 26.3 Å². The summed E-state index contributed by atoms with van der Waals surface area (Å²) in [5.74, 6) is -4.91. The first kappa shape index (κ1) is 39.1. The molecule has 1 saturated heterocycles. The molecule has 4 rings (SSSR count). The average molecular weight is 703 g/mol. The van der Waals surface area contributed by atoms with Crippen LogP contribution in [-0.4, -0.2) is 98.5 Å². The lowest BCUT2D eigenvalue weighted by molar-refractivity contribution is -0.192. The van der Waals surface area contributed by atoms with Crippen molar-refractivity contribution in [3.05, 3.63) is 72.4 Å². The first-order valence-electron chi connectivity index (χ1n) is 15.7. The van der Waals surface area contributed by atoms with Crippen molar-refractivity contribution in [1.82, 2.24) is 35.8 Å². The smallest absolute Gasteiger partial charge is 0.475 e. The normalized spacial score (nSPS) is 17.6. The molecule has 5 atom stereocenters. The molecule has 0 radical (unpaired) electrons. The van der Waals surface area contributed by atoms with E-state index in [9.17, 15) is 32.3 Å². The zero-order valence-corrected chi connectivity index (χ0v) is 27.9. The predicted molar refractivity (Wildman–Crippen MR) is 175 cm³/mol. The topological polar surface area (TPSA) is 202 Å². The maximum absolute atomic E-state index is 14.0. The third kappa shape index (κ3) is 10.6. The number of aliphatic carboxylic acids is 1. The summed E-state index contributed by atoms with van der Waals surface area (Å²) in [7, 11) is 1.66. The molecular weight excluding hydrogens is 661 g/mol. The summed E-state index contributed by atoms with van der Waals surface area (Å²) in [5.41, 5.74) is 8.06. The van der Waals surface area contributed by atoms with Crippen molar-refractivity contribution in [2.75, 3.05) is 13.6 Å². The van der Waals surface area contributed by atoms with Crippen LogP contribution in [0.25, 0.3) is 11.3 Å². The lowest BCUT2D eigenvalue weighted by Crippen LogP contribution is -2.58. The summed E-state index contributed by atoms with van der Waals surface area (Å²) in [6.45, 7) is 5.53. The van der Waals surface area contributed by atoms with Crippen molar-refractivity contribution in [2.24, 2.45) is 11.7 Å². The largest absolute Gasteiger partial charge is 0.490 e. The number of aromatic nitrogens is 3. The van der Waals surface area contributed by atoms with Crippen LogP contribution in [0, 0.1) is 5.92 Å². The summed E-state index contributed by atoms with van der Waals surface area (Å²) in [5, 5.41) is 24.2. The number of benzene rings is 2. The van der Waals surface area contributed by atoms with Gasteiger partial charge in [0.2, 0.25) is 23.6 Å². The number of nitrogens with zero attached hydrogens (tertiary/aromatic N) is 4. The second kappa shape index (κ2) is 17.4. The van der Waals surface area contributed by atoms with Gasteiger partial charge in [0.15, 0.2) is 0 Å². The van der Waals surface area contributed by atoms with Crippen molar-refractivity contribution >= 4 is 29.6 Å². The van der Waals surface area contributed by atoms with Crippen LogP contribution in [0.1, 0.15) is 38.8 Å². The Morgan fingerprint density at radius 3 is 2.08 bits per heavy atom. The van der Waals surface area contributed by atoms with Gasteiger partial charge in [-0.2, -0.15) is 13.2 Å². The highest BCUT2D eigenvalue weighted by atomic mass is 19.4. The Morgan fingerprint density at radius 2 is 1.56 bits per heavy atom. The van der Waals surface area contributed by atoms with Crippen LogP contribution in [-0.2, 0) is 30.4 Å². The molecule has 0 bridgehead atoms. The summed E-state index contributed by atoms with van der Waals surface area (Å²) < 4.78 is 33.4. The fourth-order valence-electron chi connectivity index (χ4n) is 5.14. The zero-order chi connectivity index (χ0) is 37.2. The number of primary amides is 1. The first-order chi connectivity index (χ1) is 23.5. The van der Waals surface area contributed by atoms with Crippen LogP contribution >= 0.6 is 0 Å². The number of halogens is 3. The highest BCUT2D eigenvalue weighted by molar-refractivity contribution is 5.95. The van der Waals surface area contributed by atoms with Crippen molar-refractivity contribution in [2.45, 2.75) is 70.0 Å². The average Bonchev–Trinajstić information content (AvgIpc) is 3.75. The van der Waals surface area contributed by atoms with E-state index in [-0.39, 0.29) is 37.3 Å². The number of rotatable bonds is 12. The maximum atomic E-state index is 14.0. The molecule has 2 heterocycles. The van der Waals surface area contributed by atoms with E-state index >= 15 is 0 Å². The predicted octanol–water partition coefficient (Wildman–Crippen LogP) is 1.68. The molecule has 0 saturated carbocycles. The van der Waals surface area contributed by atoms with E-state index in [1.54, 1.807) is 24.9 Å². The van der Waals surface area contributed by atoms with Gasteiger partial charge in [0, 0.05) is 24.9 Å². The Bertz CT molecular complexity index is 1620. The molecule has 4 amide bonds. The molecule has 6 N–H and O–H groups in total. The van der Waals surface area contributed by atoms with Gasteiger partial charge < -0.3 is 31.7 Å². The number of nitrogens with one attached hydrogen (secondary N) is 3. The molecule has 2 aromatic carbocycles. The number of likely N-dealkylation sites (tertiary alicyclic amines) is 1. The Labute approximate surface area is 286 Å². The van der Waals surface area contributed by atoms with E-state index in [1.165, 1.54) is 4.90 Å². The summed E-state index contributed by atoms with van der Waals surface area (Å²) in [6.07, 6.45) is -2.85. The number of carbonyl (C=O) groups is 5. The number of nitrogens with two attached hydrogens (primary N) is 1. The highest BCUT2D eigenvalue weighted by Gasteiger charge is 2.44. The number of alkyl halides is 3. The van der Waals surface area contributed by atoms with Crippen molar-refractivity contribution in [3.8, 4) is 11.3 Å². The number of hydrogen-bond donors (Lipinski definition) is 5. The van der Waals surface area contributed by atoms with Crippen LogP contribution in [0.5, 0.6) is 0 Å². The van der Waals surface area contributed by atoms with Crippen LogP contribution in [0.2, 0.25) is 0 Å². The fraction of sp³-hybridized carbons (Fsp3) is 0.424. The van der Waals surface area contributed by atoms with Gasteiger partial charge in [-0.05, 0) is 25.5 Å².